The Balaban J connectivity index is 1.73. The molecule has 2 heterocycles. The average Bonchev–Trinajstić information content (AvgIpc) is 3.31. The molecule has 0 spiro atoms. The molecule has 0 N–H and O–H groups in total. The molecule has 6 rings (SSSR count). The normalized spacial score (nSPS) is 10.7. The van der Waals surface area contributed by atoms with Crippen LogP contribution in [0.25, 0.3) is 49.7 Å². The monoisotopic (exact) mass is 485 g/mol. The maximum absolute atomic E-state index is 10.1. The molecule has 5 heteroatoms. The van der Waals surface area contributed by atoms with Crippen LogP contribution in [0.3, 0.4) is 0 Å². The van der Waals surface area contributed by atoms with E-state index in [2.05, 4.69) is 52.0 Å². The number of rotatable bonds is 3. The van der Waals surface area contributed by atoms with Gasteiger partial charge >= 0.3 is 0 Å². The predicted octanol–water partition coefficient (Wildman–Crippen LogP) is 7.44. The van der Waals surface area contributed by atoms with E-state index in [0.29, 0.717) is 16.7 Å². The molecule has 176 valence electrons. The average molecular weight is 486 g/mol. The lowest BCUT2D eigenvalue weighted by Crippen LogP contribution is -2.01. The van der Waals surface area contributed by atoms with E-state index in [4.69, 9.17) is 0 Å². The Morgan fingerprint density at radius 2 is 1.39 bits per heavy atom. The number of nitriles is 3. The van der Waals surface area contributed by atoms with E-state index in [1.54, 1.807) is 24.5 Å². The number of fused-ring (bicyclic) bond motifs is 3. The Kier molecular flexibility index (Phi) is 5.43. The largest absolute Gasteiger partial charge is 0.308 e. The molecule has 38 heavy (non-hydrogen) atoms. The highest BCUT2D eigenvalue weighted by Crippen LogP contribution is 2.40. The molecule has 0 aliphatic carbocycles. The molecule has 4 aromatic carbocycles. The summed E-state index contributed by atoms with van der Waals surface area (Å²) < 4.78 is 2.19. The molecule has 0 aliphatic rings. The highest BCUT2D eigenvalue weighted by molar-refractivity contribution is 6.14. The number of benzene rings is 4. The van der Waals surface area contributed by atoms with Gasteiger partial charge in [0.1, 0.15) is 0 Å². The lowest BCUT2D eigenvalue weighted by Gasteiger charge is -2.17. The fraction of sp³-hybridized carbons (Fsp3) is 0.0303. The van der Waals surface area contributed by atoms with Gasteiger partial charge in [0.15, 0.2) is 0 Å². The minimum atomic E-state index is 0.441. The van der Waals surface area contributed by atoms with E-state index in [0.717, 1.165) is 55.3 Å². The van der Waals surface area contributed by atoms with Crippen molar-refractivity contribution in [2.24, 2.45) is 0 Å². The molecule has 0 aliphatic heterocycles. The van der Waals surface area contributed by atoms with Gasteiger partial charge in [-0.15, -0.1) is 0 Å². The van der Waals surface area contributed by atoms with E-state index in [1.807, 2.05) is 55.5 Å². The Labute approximate surface area is 219 Å². The number of para-hydroxylation sites is 2. The molecule has 5 nitrogen and oxygen atoms in total. The van der Waals surface area contributed by atoms with Crippen LogP contribution in [0.1, 0.15) is 22.3 Å². The molecule has 0 fully saturated rings. The van der Waals surface area contributed by atoms with Crippen LogP contribution in [0, 0.1) is 40.9 Å². The third-order valence-corrected chi connectivity index (χ3v) is 6.94. The molecular formula is C33H19N5. The number of nitrogens with zero attached hydrogens (tertiary/aromatic N) is 5. The Morgan fingerprint density at radius 1 is 0.658 bits per heavy atom. The molecule has 0 radical (unpaired) electrons. The summed E-state index contributed by atoms with van der Waals surface area (Å²) >= 11 is 0. The van der Waals surface area contributed by atoms with Gasteiger partial charge in [-0.3, -0.25) is 4.98 Å². The fourth-order valence-electron chi connectivity index (χ4n) is 5.23. The van der Waals surface area contributed by atoms with Gasteiger partial charge in [-0.2, -0.15) is 15.8 Å². The van der Waals surface area contributed by atoms with Crippen molar-refractivity contribution in [3.63, 3.8) is 0 Å². The Morgan fingerprint density at radius 3 is 2.16 bits per heavy atom. The van der Waals surface area contributed by atoms with Crippen molar-refractivity contribution in [1.82, 2.24) is 9.55 Å². The number of aromatic nitrogens is 2. The first-order valence-electron chi connectivity index (χ1n) is 12.1. The van der Waals surface area contributed by atoms with Gasteiger partial charge in [0.05, 0.1) is 51.6 Å². The summed E-state index contributed by atoms with van der Waals surface area (Å²) in [4.78, 5) is 4.11. The van der Waals surface area contributed by atoms with Gasteiger partial charge in [0.2, 0.25) is 0 Å². The third-order valence-electron chi connectivity index (χ3n) is 6.94. The summed E-state index contributed by atoms with van der Waals surface area (Å²) in [7, 11) is 0. The molecule has 2 aromatic heterocycles. The van der Waals surface area contributed by atoms with Crippen molar-refractivity contribution in [2.75, 3.05) is 0 Å². The van der Waals surface area contributed by atoms with Crippen molar-refractivity contribution < 1.29 is 0 Å². The topological polar surface area (TPSA) is 89.2 Å². The number of hydrogen-bond donors (Lipinski definition) is 0. The molecular weight excluding hydrogens is 466 g/mol. The molecule has 0 amide bonds. The smallest absolute Gasteiger partial charge is 0.0998 e. The first-order chi connectivity index (χ1) is 18.6. The highest BCUT2D eigenvalue weighted by atomic mass is 15.0. The van der Waals surface area contributed by atoms with Crippen LogP contribution in [-0.4, -0.2) is 9.55 Å². The second kappa shape index (κ2) is 9.07. The van der Waals surface area contributed by atoms with Gasteiger partial charge in [0.25, 0.3) is 0 Å². The molecule has 0 saturated carbocycles. The van der Waals surface area contributed by atoms with Crippen LogP contribution in [0.5, 0.6) is 0 Å². The maximum Gasteiger partial charge on any atom is 0.0998 e. The van der Waals surface area contributed by atoms with Gasteiger partial charge < -0.3 is 4.57 Å². The molecule has 0 atom stereocenters. The number of hydrogen-bond acceptors (Lipinski definition) is 4. The van der Waals surface area contributed by atoms with Crippen molar-refractivity contribution in [2.45, 2.75) is 6.92 Å². The Hall–Kier alpha value is -5.70. The molecule has 6 aromatic rings. The fourth-order valence-corrected chi connectivity index (χ4v) is 5.23. The summed E-state index contributed by atoms with van der Waals surface area (Å²) in [6.07, 6.45) is 3.45. The summed E-state index contributed by atoms with van der Waals surface area (Å²) in [5.74, 6) is 0. The second-order valence-corrected chi connectivity index (χ2v) is 9.07. The lowest BCUT2D eigenvalue weighted by atomic mass is 9.95. The standard InChI is InChI=1S/C33H19N5/c1-21-15-30(23-11-13-37-14-12-23)25(20-36)17-32(21)38-31-8-3-2-5-27(31)29-7-4-6-28(33(29)38)26-10-9-22(18-34)16-24(26)19-35/h2-17H,1H3. The summed E-state index contributed by atoms with van der Waals surface area (Å²) in [6, 6.07) is 34.1. The van der Waals surface area contributed by atoms with Gasteiger partial charge in [-0.25, -0.2) is 0 Å². The van der Waals surface area contributed by atoms with E-state index in [9.17, 15) is 15.8 Å². The first kappa shape index (κ1) is 22.7. The minimum absolute atomic E-state index is 0.441. The Bertz CT molecular complexity index is 2010. The van der Waals surface area contributed by atoms with E-state index in [1.165, 1.54) is 0 Å². The number of pyridine rings is 1. The first-order valence-corrected chi connectivity index (χ1v) is 12.1. The summed E-state index contributed by atoms with van der Waals surface area (Å²) in [5.41, 5.74) is 8.74. The second-order valence-electron chi connectivity index (χ2n) is 9.07. The summed E-state index contributed by atoms with van der Waals surface area (Å²) in [5, 5.41) is 31.6. The van der Waals surface area contributed by atoms with Crippen molar-refractivity contribution in [3.05, 3.63) is 120 Å². The highest BCUT2D eigenvalue weighted by Gasteiger charge is 2.20. The minimum Gasteiger partial charge on any atom is -0.308 e. The third kappa shape index (κ3) is 3.49. The van der Waals surface area contributed by atoms with Gasteiger partial charge in [-0.1, -0.05) is 42.5 Å². The van der Waals surface area contributed by atoms with Gasteiger partial charge in [0, 0.05) is 34.3 Å². The van der Waals surface area contributed by atoms with E-state index < -0.39 is 0 Å². The van der Waals surface area contributed by atoms with Crippen molar-refractivity contribution in [3.8, 4) is 46.1 Å². The van der Waals surface area contributed by atoms with Crippen LogP contribution in [0.2, 0.25) is 0 Å². The predicted molar refractivity (Wildman–Crippen MR) is 148 cm³/mol. The van der Waals surface area contributed by atoms with Crippen LogP contribution in [0.15, 0.2) is 97.3 Å². The van der Waals surface area contributed by atoms with Gasteiger partial charge in [-0.05, 0) is 66.1 Å². The zero-order valence-corrected chi connectivity index (χ0v) is 20.5. The van der Waals surface area contributed by atoms with Crippen LogP contribution < -0.4 is 0 Å². The lowest BCUT2D eigenvalue weighted by molar-refractivity contribution is 1.15. The molecule has 0 unspecified atom stereocenters. The van der Waals surface area contributed by atoms with Crippen LogP contribution in [0.4, 0.5) is 0 Å². The number of aryl methyl sites for hydroxylation is 1. The molecule has 0 saturated heterocycles. The zero-order valence-electron chi connectivity index (χ0n) is 20.5. The van der Waals surface area contributed by atoms with Crippen LogP contribution >= 0.6 is 0 Å². The maximum atomic E-state index is 10.1. The van der Waals surface area contributed by atoms with Crippen molar-refractivity contribution in [1.29, 1.82) is 15.8 Å². The van der Waals surface area contributed by atoms with Crippen molar-refractivity contribution >= 4 is 21.8 Å². The molecule has 0 bridgehead atoms. The zero-order chi connectivity index (χ0) is 26.2. The van der Waals surface area contributed by atoms with E-state index >= 15 is 0 Å². The quantitative estimate of drug-likeness (QED) is 0.261. The van der Waals surface area contributed by atoms with Crippen LogP contribution in [-0.2, 0) is 0 Å². The van der Waals surface area contributed by atoms with E-state index in [-0.39, 0.29) is 0 Å². The SMILES string of the molecule is Cc1cc(-c2ccncc2)c(C#N)cc1-n1c2ccccc2c2cccc(-c3ccc(C#N)cc3C#N)c21. The summed E-state index contributed by atoms with van der Waals surface area (Å²) in [6.45, 7) is 2.05.